The van der Waals surface area contributed by atoms with E-state index in [2.05, 4.69) is 0 Å². The summed E-state index contributed by atoms with van der Waals surface area (Å²) in [5.41, 5.74) is 2.27. The average molecular weight is 273 g/mol. The highest BCUT2D eigenvalue weighted by atomic mass is 19.1. The van der Waals surface area contributed by atoms with Gasteiger partial charge >= 0.3 is 5.76 Å². The van der Waals surface area contributed by atoms with Crippen LogP contribution in [0.15, 0.2) is 51.7 Å². The molecule has 0 atom stereocenters. The highest BCUT2D eigenvalue weighted by Gasteiger charge is 2.11. The third-order valence-electron chi connectivity index (χ3n) is 3.25. The summed E-state index contributed by atoms with van der Waals surface area (Å²) in [5, 5.41) is 9.30. The highest BCUT2D eigenvalue weighted by Crippen LogP contribution is 2.17. The Hall–Kier alpha value is -2.40. The van der Waals surface area contributed by atoms with Crippen LogP contribution in [0.4, 0.5) is 4.39 Å². The number of nitrogens with zero attached hydrogens (tertiary/aromatic N) is 1. The summed E-state index contributed by atoms with van der Waals surface area (Å²) in [6.07, 6.45) is 0. The number of aliphatic hydroxyl groups is 1. The monoisotopic (exact) mass is 273 g/mol. The first kappa shape index (κ1) is 12.6. The van der Waals surface area contributed by atoms with Crippen LogP contribution < -0.4 is 5.76 Å². The standard InChI is InChI=1S/C15H12FNO3/c16-12-5-6-14-13(7-12)17(15(19)20-14)8-10-3-1-2-4-11(10)9-18/h1-7,18H,8-9H2. The number of fused-ring (bicyclic) bond motifs is 1. The van der Waals surface area contributed by atoms with Gasteiger partial charge in [-0.05, 0) is 23.3 Å². The molecule has 0 aliphatic heterocycles. The third-order valence-corrected chi connectivity index (χ3v) is 3.25. The van der Waals surface area contributed by atoms with E-state index in [9.17, 15) is 14.3 Å². The molecule has 0 radical (unpaired) electrons. The fraction of sp³-hybridized carbons (Fsp3) is 0.133. The smallest absolute Gasteiger partial charge is 0.408 e. The second kappa shape index (κ2) is 4.94. The average Bonchev–Trinajstić information content (AvgIpc) is 2.76. The number of oxazole rings is 1. The lowest BCUT2D eigenvalue weighted by molar-refractivity contribution is 0.280. The molecule has 0 fully saturated rings. The zero-order valence-electron chi connectivity index (χ0n) is 10.5. The molecule has 1 aromatic heterocycles. The van der Waals surface area contributed by atoms with Gasteiger partial charge in [-0.1, -0.05) is 24.3 Å². The zero-order valence-corrected chi connectivity index (χ0v) is 10.5. The number of hydrogen-bond donors (Lipinski definition) is 1. The van der Waals surface area contributed by atoms with Crippen molar-refractivity contribution >= 4 is 11.1 Å². The molecule has 0 bridgehead atoms. The van der Waals surface area contributed by atoms with E-state index in [1.807, 2.05) is 18.2 Å². The Kier molecular flexibility index (Phi) is 3.12. The topological polar surface area (TPSA) is 55.4 Å². The van der Waals surface area contributed by atoms with Crippen LogP contribution >= 0.6 is 0 Å². The molecule has 0 aliphatic carbocycles. The van der Waals surface area contributed by atoms with E-state index in [0.717, 1.165) is 11.1 Å². The Morgan fingerprint density at radius 2 is 1.90 bits per heavy atom. The Bertz CT molecular complexity index is 819. The van der Waals surface area contributed by atoms with Crippen LogP contribution in [0.1, 0.15) is 11.1 Å². The van der Waals surface area contributed by atoms with Crippen molar-refractivity contribution in [3.8, 4) is 0 Å². The van der Waals surface area contributed by atoms with Crippen LogP contribution in [-0.2, 0) is 13.2 Å². The first-order chi connectivity index (χ1) is 9.69. The van der Waals surface area contributed by atoms with Crippen molar-refractivity contribution in [2.24, 2.45) is 0 Å². The Morgan fingerprint density at radius 1 is 1.15 bits per heavy atom. The SMILES string of the molecule is O=c1oc2ccc(F)cc2n1Cc1ccccc1CO. The van der Waals surface area contributed by atoms with Gasteiger partial charge in [-0.2, -0.15) is 0 Å². The van der Waals surface area contributed by atoms with Gasteiger partial charge in [0.15, 0.2) is 5.58 Å². The Labute approximate surface area is 113 Å². The fourth-order valence-electron chi connectivity index (χ4n) is 2.22. The van der Waals surface area contributed by atoms with Gasteiger partial charge in [0.05, 0.1) is 18.7 Å². The van der Waals surface area contributed by atoms with E-state index >= 15 is 0 Å². The quantitative estimate of drug-likeness (QED) is 0.796. The summed E-state index contributed by atoms with van der Waals surface area (Å²) >= 11 is 0. The maximum absolute atomic E-state index is 13.3. The van der Waals surface area contributed by atoms with Crippen molar-refractivity contribution < 1.29 is 13.9 Å². The maximum atomic E-state index is 13.3. The zero-order chi connectivity index (χ0) is 14.1. The van der Waals surface area contributed by atoms with Gasteiger partial charge in [-0.15, -0.1) is 0 Å². The first-order valence-electron chi connectivity index (χ1n) is 6.15. The molecule has 4 nitrogen and oxygen atoms in total. The number of aromatic nitrogens is 1. The maximum Gasteiger partial charge on any atom is 0.420 e. The van der Waals surface area contributed by atoms with Crippen LogP contribution in [0, 0.1) is 5.82 Å². The summed E-state index contributed by atoms with van der Waals surface area (Å²) in [4.78, 5) is 11.9. The van der Waals surface area contributed by atoms with Crippen molar-refractivity contribution in [2.45, 2.75) is 13.2 Å². The molecular formula is C15H12FNO3. The van der Waals surface area contributed by atoms with Crippen molar-refractivity contribution in [1.29, 1.82) is 0 Å². The molecule has 3 aromatic rings. The van der Waals surface area contributed by atoms with Gasteiger partial charge in [0.2, 0.25) is 0 Å². The van der Waals surface area contributed by atoms with Gasteiger partial charge in [0.25, 0.3) is 0 Å². The van der Waals surface area contributed by atoms with Crippen molar-refractivity contribution in [3.05, 3.63) is 70.0 Å². The van der Waals surface area contributed by atoms with Crippen LogP contribution in [0.5, 0.6) is 0 Å². The Morgan fingerprint density at radius 3 is 2.65 bits per heavy atom. The highest BCUT2D eigenvalue weighted by molar-refractivity contribution is 5.72. The van der Waals surface area contributed by atoms with Crippen molar-refractivity contribution in [1.82, 2.24) is 4.57 Å². The molecule has 0 saturated carbocycles. The van der Waals surface area contributed by atoms with Crippen LogP contribution in [0.25, 0.3) is 11.1 Å². The summed E-state index contributed by atoms with van der Waals surface area (Å²) < 4.78 is 19.7. The molecule has 2 aromatic carbocycles. The number of benzene rings is 2. The van der Waals surface area contributed by atoms with Gasteiger partial charge in [0.1, 0.15) is 5.82 Å². The number of halogens is 1. The number of rotatable bonds is 3. The predicted molar refractivity (Wildman–Crippen MR) is 71.9 cm³/mol. The molecule has 5 heteroatoms. The van der Waals surface area contributed by atoms with Crippen molar-refractivity contribution in [3.63, 3.8) is 0 Å². The van der Waals surface area contributed by atoms with E-state index in [4.69, 9.17) is 4.42 Å². The van der Waals surface area contributed by atoms with E-state index in [-0.39, 0.29) is 13.2 Å². The van der Waals surface area contributed by atoms with Gasteiger partial charge in [-0.3, -0.25) is 4.57 Å². The first-order valence-corrected chi connectivity index (χ1v) is 6.15. The summed E-state index contributed by atoms with van der Waals surface area (Å²) in [6.45, 7) is 0.112. The minimum absolute atomic E-state index is 0.116. The molecule has 0 amide bonds. The lowest BCUT2D eigenvalue weighted by Gasteiger charge is -2.07. The largest absolute Gasteiger partial charge is 0.420 e. The predicted octanol–water partition coefficient (Wildman–Crippen LogP) is 2.27. The van der Waals surface area contributed by atoms with Gasteiger partial charge in [0, 0.05) is 6.07 Å². The summed E-state index contributed by atoms with van der Waals surface area (Å²) in [6, 6.07) is 11.2. The van der Waals surface area contributed by atoms with Crippen LogP contribution in [0.2, 0.25) is 0 Å². The minimum Gasteiger partial charge on any atom is -0.408 e. The van der Waals surface area contributed by atoms with E-state index in [0.29, 0.717) is 11.1 Å². The van der Waals surface area contributed by atoms with Gasteiger partial charge < -0.3 is 9.52 Å². The Balaban J connectivity index is 2.13. The fourth-order valence-corrected chi connectivity index (χ4v) is 2.22. The summed E-state index contributed by atoms with van der Waals surface area (Å²) in [7, 11) is 0. The molecule has 0 saturated heterocycles. The van der Waals surface area contributed by atoms with Crippen LogP contribution in [0.3, 0.4) is 0 Å². The molecule has 0 unspecified atom stereocenters. The third kappa shape index (κ3) is 2.12. The number of aliphatic hydroxyl groups excluding tert-OH is 1. The summed E-state index contributed by atoms with van der Waals surface area (Å²) in [5.74, 6) is -0.971. The molecule has 0 spiro atoms. The molecule has 1 heterocycles. The second-order valence-electron chi connectivity index (χ2n) is 4.49. The van der Waals surface area contributed by atoms with E-state index < -0.39 is 11.6 Å². The molecule has 1 N–H and O–H groups in total. The molecule has 3 rings (SSSR count). The van der Waals surface area contributed by atoms with E-state index in [1.165, 1.54) is 22.8 Å². The minimum atomic E-state index is -0.543. The molecular weight excluding hydrogens is 261 g/mol. The lowest BCUT2D eigenvalue weighted by atomic mass is 10.1. The number of hydrogen-bond acceptors (Lipinski definition) is 3. The second-order valence-corrected chi connectivity index (χ2v) is 4.49. The van der Waals surface area contributed by atoms with Crippen LogP contribution in [-0.4, -0.2) is 9.67 Å². The molecule has 20 heavy (non-hydrogen) atoms. The molecule has 102 valence electrons. The van der Waals surface area contributed by atoms with Gasteiger partial charge in [-0.25, -0.2) is 9.18 Å². The normalized spacial score (nSPS) is 11.1. The molecule has 0 aliphatic rings. The van der Waals surface area contributed by atoms with E-state index in [1.54, 1.807) is 6.07 Å². The lowest BCUT2D eigenvalue weighted by Crippen LogP contribution is -2.15. The van der Waals surface area contributed by atoms with Crippen molar-refractivity contribution in [2.75, 3.05) is 0 Å².